The molecule has 5 rings (SSSR count). The third kappa shape index (κ3) is 3.44. The van der Waals surface area contributed by atoms with Gasteiger partial charge in [-0.05, 0) is 23.8 Å². The molecular weight excluding hydrogens is 418 g/mol. The summed E-state index contributed by atoms with van der Waals surface area (Å²) in [5.41, 5.74) is 3.62. The highest BCUT2D eigenvalue weighted by molar-refractivity contribution is 8.23. The topological polar surface area (TPSA) is 108 Å². The van der Waals surface area contributed by atoms with Crippen LogP contribution in [0.25, 0.3) is 16.9 Å². The maximum atomic E-state index is 13.3. The van der Waals surface area contributed by atoms with E-state index in [9.17, 15) is 19.0 Å². The van der Waals surface area contributed by atoms with E-state index in [0.717, 1.165) is 11.3 Å². The van der Waals surface area contributed by atoms with Crippen LogP contribution in [0.5, 0.6) is 0 Å². The standard InChI is InChI=1S/C22H23N3O5S/c26-13-15-5-7-16(8-6-15)25-21-17-3-1-2-4-19(17)31(28,29)14-18(21)20(23-25)22(27)24-9-11-30-12-10-24/h1-8,26,28-29H,9-14H2. The Morgan fingerprint density at radius 3 is 2.48 bits per heavy atom. The van der Waals surface area contributed by atoms with Gasteiger partial charge < -0.3 is 14.7 Å². The molecule has 9 heteroatoms. The zero-order chi connectivity index (χ0) is 21.6. The molecule has 0 unspecified atom stereocenters. The summed E-state index contributed by atoms with van der Waals surface area (Å²) in [6.45, 7) is 1.81. The minimum absolute atomic E-state index is 0.0561. The van der Waals surface area contributed by atoms with Crippen molar-refractivity contribution < 1.29 is 23.7 Å². The molecule has 0 saturated carbocycles. The van der Waals surface area contributed by atoms with Crippen LogP contribution in [0.15, 0.2) is 53.4 Å². The second kappa shape index (κ2) is 7.77. The molecule has 0 aliphatic carbocycles. The normalized spacial score (nSPS) is 18.2. The lowest BCUT2D eigenvalue weighted by Crippen LogP contribution is -2.41. The predicted octanol–water partition coefficient (Wildman–Crippen LogP) is 3.13. The van der Waals surface area contributed by atoms with Crippen LogP contribution in [-0.4, -0.2) is 61.1 Å². The lowest BCUT2D eigenvalue weighted by Gasteiger charge is -2.38. The number of hydrogen-bond donors (Lipinski definition) is 3. The van der Waals surface area contributed by atoms with Gasteiger partial charge in [0.05, 0.1) is 41.9 Å². The van der Waals surface area contributed by atoms with Gasteiger partial charge in [0.15, 0.2) is 5.69 Å². The van der Waals surface area contributed by atoms with Crippen LogP contribution in [0.4, 0.5) is 0 Å². The predicted molar refractivity (Wildman–Crippen MR) is 116 cm³/mol. The van der Waals surface area contributed by atoms with Crippen LogP contribution in [0.2, 0.25) is 0 Å². The van der Waals surface area contributed by atoms with Crippen LogP contribution < -0.4 is 0 Å². The number of carbonyl (C=O) groups is 1. The van der Waals surface area contributed by atoms with Gasteiger partial charge in [-0.25, -0.2) is 4.68 Å². The summed E-state index contributed by atoms with van der Waals surface area (Å²) < 4.78 is 28.8. The Balaban J connectivity index is 1.71. The van der Waals surface area contributed by atoms with Crippen molar-refractivity contribution in [3.8, 4) is 16.9 Å². The van der Waals surface area contributed by atoms with E-state index in [1.807, 2.05) is 24.3 Å². The maximum absolute atomic E-state index is 13.3. The van der Waals surface area contributed by atoms with E-state index in [0.29, 0.717) is 48.0 Å². The zero-order valence-corrected chi connectivity index (χ0v) is 17.6. The average Bonchev–Trinajstić information content (AvgIpc) is 3.18. The van der Waals surface area contributed by atoms with Crippen LogP contribution in [0, 0.1) is 0 Å². The summed E-state index contributed by atoms with van der Waals surface area (Å²) in [5.74, 6) is -0.292. The van der Waals surface area contributed by atoms with Gasteiger partial charge in [0.1, 0.15) is 0 Å². The van der Waals surface area contributed by atoms with E-state index < -0.39 is 10.6 Å². The van der Waals surface area contributed by atoms with Gasteiger partial charge in [0, 0.05) is 24.2 Å². The number of nitrogens with zero attached hydrogens (tertiary/aromatic N) is 3. The summed E-state index contributed by atoms with van der Waals surface area (Å²) >= 11 is 0. The van der Waals surface area contributed by atoms with Gasteiger partial charge in [0.2, 0.25) is 0 Å². The van der Waals surface area contributed by atoms with Crippen molar-refractivity contribution >= 4 is 16.5 Å². The summed E-state index contributed by atoms with van der Waals surface area (Å²) in [6, 6.07) is 14.4. The van der Waals surface area contributed by atoms with Crippen LogP contribution >= 0.6 is 10.6 Å². The molecule has 0 radical (unpaired) electrons. The Bertz CT molecular complexity index is 1140. The van der Waals surface area contributed by atoms with Gasteiger partial charge >= 0.3 is 0 Å². The highest BCUT2D eigenvalue weighted by Gasteiger charge is 2.37. The second-order valence-corrected chi connectivity index (χ2v) is 9.69. The first-order valence-electron chi connectivity index (χ1n) is 10.0. The molecule has 3 N–H and O–H groups in total. The molecule has 0 atom stereocenters. The summed E-state index contributed by atoms with van der Waals surface area (Å²) in [7, 11) is -3.10. The maximum Gasteiger partial charge on any atom is 0.274 e. The Hall–Kier alpha value is -2.69. The van der Waals surface area contributed by atoms with Crippen molar-refractivity contribution in [3.63, 3.8) is 0 Å². The van der Waals surface area contributed by atoms with E-state index in [-0.39, 0.29) is 24.0 Å². The average molecular weight is 442 g/mol. The summed E-state index contributed by atoms with van der Waals surface area (Å²) in [6.07, 6.45) is 0. The van der Waals surface area contributed by atoms with E-state index in [2.05, 4.69) is 5.10 Å². The van der Waals surface area contributed by atoms with Gasteiger partial charge in [-0.3, -0.25) is 13.9 Å². The summed E-state index contributed by atoms with van der Waals surface area (Å²) in [4.78, 5) is 15.5. The molecule has 31 heavy (non-hydrogen) atoms. The molecular formula is C22H23N3O5S. The third-order valence-electron chi connectivity index (χ3n) is 5.69. The Morgan fingerprint density at radius 1 is 1.06 bits per heavy atom. The van der Waals surface area contributed by atoms with E-state index in [1.54, 1.807) is 33.8 Å². The molecule has 3 heterocycles. The number of amides is 1. The number of fused-ring (bicyclic) bond motifs is 3. The number of hydrogen-bond acceptors (Lipinski definition) is 6. The van der Waals surface area contributed by atoms with Gasteiger partial charge in [0.25, 0.3) is 5.91 Å². The second-order valence-electron chi connectivity index (χ2n) is 7.62. The highest BCUT2D eigenvalue weighted by atomic mass is 32.3. The molecule has 2 aliphatic rings. The summed E-state index contributed by atoms with van der Waals surface area (Å²) in [5, 5.41) is 14.0. The monoisotopic (exact) mass is 441 g/mol. The lowest BCUT2D eigenvalue weighted by atomic mass is 10.0. The quantitative estimate of drug-likeness (QED) is 0.576. The van der Waals surface area contributed by atoms with Crippen LogP contribution in [0.3, 0.4) is 0 Å². The van der Waals surface area contributed by atoms with Crippen LogP contribution in [-0.2, 0) is 17.1 Å². The molecule has 1 amide bonds. The van der Waals surface area contributed by atoms with Crippen molar-refractivity contribution in [2.45, 2.75) is 17.3 Å². The number of rotatable bonds is 3. The number of benzene rings is 2. The number of morpholine rings is 1. The molecule has 1 fully saturated rings. The minimum Gasteiger partial charge on any atom is -0.392 e. The SMILES string of the molecule is O=C(c1nn(-c2ccc(CO)cc2)c2c1CS(O)(O)c1ccccc1-2)N1CCOCC1. The van der Waals surface area contributed by atoms with Gasteiger partial charge in [-0.15, -0.1) is 0 Å². The molecule has 2 aromatic carbocycles. The number of aliphatic hydroxyl groups is 1. The lowest BCUT2D eigenvalue weighted by molar-refractivity contribution is 0.0298. The number of carbonyl (C=O) groups excluding carboxylic acids is 1. The minimum atomic E-state index is -3.10. The van der Waals surface area contributed by atoms with E-state index >= 15 is 0 Å². The zero-order valence-electron chi connectivity index (χ0n) is 16.8. The Kier molecular flexibility index (Phi) is 5.07. The fourth-order valence-electron chi connectivity index (χ4n) is 4.11. The molecule has 162 valence electrons. The van der Waals surface area contributed by atoms with Crippen molar-refractivity contribution in [1.82, 2.24) is 14.7 Å². The van der Waals surface area contributed by atoms with Crippen molar-refractivity contribution in [2.75, 3.05) is 26.3 Å². The van der Waals surface area contributed by atoms with E-state index in [1.165, 1.54) is 0 Å². The molecule has 2 aliphatic heterocycles. The van der Waals surface area contributed by atoms with Crippen molar-refractivity contribution in [1.29, 1.82) is 0 Å². The molecule has 1 aromatic heterocycles. The van der Waals surface area contributed by atoms with Crippen LogP contribution in [0.1, 0.15) is 21.6 Å². The third-order valence-corrected chi connectivity index (χ3v) is 7.44. The van der Waals surface area contributed by atoms with Crippen molar-refractivity contribution in [3.05, 3.63) is 65.4 Å². The molecule has 8 nitrogen and oxygen atoms in total. The van der Waals surface area contributed by atoms with Gasteiger partial charge in [-0.2, -0.15) is 15.7 Å². The van der Waals surface area contributed by atoms with E-state index in [4.69, 9.17) is 4.74 Å². The van der Waals surface area contributed by atoms with Gasteiger partial charge in [-0.1, -0.05) is 30.3 Å². The first kappa shape index (κ1) is 20.2. The number of ether oxygens (including phenoxy) is 1. The molecule has 1 saturated heterocycles. The van der Waals surface area contributed by atoms with Crippen molar-refractivity contribution in [2.24, 2.45) is 0 Å². The Labute approximate surface area is 181 Å². The largest absolute Gasteiger partial charge is 0.392 e. The molecule has 0 spiro atoms. The first-order chi connectivity index (χ1) is 15.0. The fourth-order valence-corrected chi connectivity index (χ4v) is 5.75. The molecule has 3 aromatic rings. The number of aromatic nitrogens is 2. The first-order valence-corrected chi connectivity index (χ1v) is 11.8. The Morgan fingerprint density at radius 2 is 1.77 bits per heavy atom. The highest BCUT2D eigenvalue weighted by Crippen LogP contribution is 2.59. The molecule has 0 bridgehead atoms. The fraction of sp³-hybridized carbons (Fsp3) is 0.273. The smallest absolute Gasteiger partial charge is 0.274 e. The number of aliphatic hydroxyl groups excluding tert-OH is 1.